The Labute approximate surface area is 113 Å². The van der Waals surface area contributed by atoms with Crippen LogP contribution in [0.5, 0.6) is 0 Å². The Morgan fingerprint density at radius 3 is 2.78 bits per heavy atom. The Kier molecular flexibility index (Phi) is 5.75. The quantitative estimate of drug-likeness (QED) is 0.783. The molecule has 18 heavy (non-hydrogen) atoms. The van der Waals surface area contributed by atoms with Crippen LogP contribution in [-0.2, 0) is 26.1 Å². The Morgan fingerprint density at radius 1 is 1.56 bits per heavy atom. The van der Waals surface area contributed by atoms with E-state index in [4.69, 9.17) is 11.6 Å². The summed E-state index contributed by atoms with van der Waals surface area (Å²) in [5.74, 6) is -0.871. The van der Waals surface area contributed by atoms with Gasteiger partial charge in [-0.15, -0.1) is 0 Å². The van der Waals surface area contributed by atoms with Crippen molar-refractivity contribution in [2.45, 2.75) is 12.7 Å². The Balaban J connectivity index is 2.59. The SMILES string of the molecule is COC(=O)C(C)CS(=O)Cc1ccc(F)c(Cl)c1. The number of halogens is 2. The molecule has 3 nitrogen and oxygen atoms in total. The van der Waals surface area contributed by atoms with Gasteiger partial charge in [0.05, 0.1) is 18.1 Å². The van der Waals surface area contributed by atoms with Crippen LogP contribution in [0.4, 0.5) is 4.39 Å². The number of methoxy groups -OCH3 is 1. The molecule has 0 radical (unpaired) electrons. The van der Waals surface area contributed by atoms with Crippen molar-refractivity contribution in [3.63, 3.8) is 0 Å². The number of carbonyl (C=O) groups is 1. The maximum Gasteiger partial charge on any atom is 0.309 e. The second kappa shape index (κ2) is 6.85. The van der Waals surface area contributed by atoms with Crippen LogP contribution >= 0.6 is 11.6 Å². The van der Waals surface area contributed by atoms with E-state index in [1.807, 2.05) is 0 Å². The van der Waals surface area contributed by atoms with Gasteiger partial charge in [0.25, 0.3) is 0 Å². The average Bonchev–Trinajstić information content (AvgIpc) is 2.32. The number of rotatable bonds is 5. The molecule has 2 unspecified atom stereocenters. The summed E-state index contributed by atoms with van der Waals surface area (Å²) in [5.41, 5.74) is 0.678. The van der Waals surface area contributed by atoms with Gasteiger partial charge < -0.3 is 4.74 Å². The molecular formula is C12H14ClFO3S. The Hall–Kier alpha value is -0.940. The van der Waals surface area contributed by atoms with Gasteiger partial charge in [-0.25, -0.2) is 4.39 Å². The lowest BCUT2D eigenvalue weighted by molar-refractivity contribution is -0.144. The summed E-state index contributed by atoms with van der Waals surface area (Å²) in [6.07, 6.45) is 0. The van der Waals surface area contributed by atoms with Crippen molar-refractivity contribution in [2.24, 2.45) is 5.92 Å². The topological polar surface area (TPSA) is 43.4 Å². The molecule has 1 aromatic rings. The first kappa shape index (κ1) is 15.1. The van der Waals surface area contributed by atoms with Crippen molar-refractivity contribution >= 4 is 28.4 Å². The summed E-state index contributed by atoms with van der Waals surface area (Å²) in [6.45, 7) is 1.65. The smallest absolute Gasteiger partial charge is 0.309 e. The van der Waals surface area contributed by atoms with E-state index in [2.05, 4.69) is 4.74 Å². The molecule has 0 N–H and O–H groups in total. The maximum absolute atomic E-state index is 12.9. The van der Waals surface area contributed by atoms with Gasteiger partial charge in [-0.05, 0) is 17.7 Å². The number of esters is 1. The van der Waals surface area contributed by atoms with E-state index < -0.39 is 22.5 Å². The zero-order chi connectivity index (χ0) is 13.7. The molecule has 0 aliphatic rings. The third-order valence-electron chi connectivity index (χ3n) is 2.35. The van der Waals surface area contributed by atoms with Gasteiger partial charge >= 0.3 is 5.97 Å². The van der Waals surface area contributed by atoms with Gasteiger partial charge in [-0.3, -0.25) is 9.00 Å². The van der Waals surface area contributed by atoms with Crippen LogP contribution < -0.4 is 0 Å². The third-order valence-corrected chi connectivity index (χ3v) is 4.17. The highest BCUT2D eigenvalue weighted by atomic mass is 35.5. The van der Waals surface area contributed by atoms with E-state index in [0.29, 0.717) is 5.56 Å². The fourth-order valence-electron chi connectivity index (χ4n) is 1.42. The van der Waals surface area contributed by atoms with Crippen molar-refractivity contribution in [3.05, 3.63) is 34.6 Å². The maximum atomic E-state index is 12.9. The van der Waals surface area contributed by atoms with E-state index in [1.54, 1.807) is 6.92 Å². The second-order valence-corrected chi connectivity index (χ2v) is 5.83. The van der Waals surface area contributed by atoms with Gasteiger partial charge in [0.1, 0.15) is 5.82 Å². The molecule has 0 bridgehead atoms. The van der Waals surface area contributed by atoms with Crippen LogP contribution in [0, 0.1) is 11.7 Å². The predicted octanol–water partition coefficient (Wildman–Crippen LogP) is 2.54. The Bertz CT molecular complexity index is 465. The number of benzene rings is 1. The lowest BCUT2D eigenvalue weighted by Gasteiger charge is -2.09. The molecule has 0 spiro atoms. The van der Waals surface area contributed by atoms with Crippen LogP contribution in [-0.4, -0.2) is 23.0 Å². The summed E-state index contributed by atoms with van der Waals surface area (Å²) >= 11 is 5.63. The highest BCUT2D eigenvalue weighted by molar-refractivity contribution is 7.84. The van der Waals surface area contributed by atoms with Gasteiger partial charge in [0, 0.05) is 22.3 Å². The molecule has 1 aromatic carbocycles. The highest BCUT2D eigenvalue weighted by Crippen LogP contribution is 2.17. The van der Waals surface area contributed by atoms with Gasteiger partial charge in [-0.1, -0.05) is 24.6 Å². The minimum atomic E-state index is -1.22. The first-order chi connectivity index (χ1) is 8.43. The Morgan fingerprint density at radius 2 is 2.22 bits per heavy atom. The molecule has 0 aliphatic heterocycles. The van der Waals surface area contributed by atoms with Crippen molar-refractivity contribution in [1.29, 1.82) is 0 Å². The van der Waals surface area contributed by atoms with Crippen molar-refractivity contribution in [2.75, 3.05) is 12.9 Å². The highest BCUT2D eigenvalue weighted by Gasteiger charge is 2.16. The average molecular weight is 293 g/mol. The molecule has 6 heteroatoms. The van der Waals surface area contributed by atoms with Crippen molar-refractivity contribution in [1.82, 2.24) is 0 Å². The van der Waals surface area contributed by atoms with E-state index in [1.165, 1.54) is 25.3 Å². The summed E-state index contributed by atoms with van der Waals surface area (Å²) in [4.78, 5) is 11.2. The second-order valence-electron chi connectivity index (χ2n) is 3.92. The first-order valence-corrected chi connectivity index (χ1v) is 7.17. The largest absolute Gasteiger partial charge is 0.469 e. The molecule has 0 saturated heterocycles. The predicted molar refractivity (Wildman–Crippen MR) is 69.3 cm³/mol. The summed E-state index contributed by atoms with van der Waals surface area (Å²) in [5, 5.41) is 0.00511. The van der Waals surface area contributed by atoms with Crippen molar-refractivity contribution < 1.29 is 18.1 Å². The van der Waals surface area contributed by atoms with Gasteiger partial charge in [0.2, 0.25) is 0 Å². The minimum absolute atomic E-state index is 0.00511. The summed E-state index contributed by atoms with van der Waals surface area (Å²) < 4.78 is 29.3. The van der Waals surface area contributed by atoms with Gasteiger partial charge in [-0.2, -0.15) is 0 Å². The normalized spacial score (nSPS) is 14.0. The minimum Gasteiger partial charge on any atom is -0.469 e. The summed E-state index contributed by atoms with van der Waals surface area (Å²) in [7, 11) is 0.0731. The van der Waals surface area contributed by atoms with E-state index in [9.17, 15) is 13.4 Å². The molecular weight excluding hydrogens is 279 g/mol. The molecule has 2 atom stereocenters. The molecule has 0 aromatic heterocycles. The van der Waals surface area contributed by atoms with Crippen LogP contribution in [0.25, 0.3) is 0 Å². The van der Waals surface area contributed by atoms with E-state index in [0.717, 1.165) is 0 Å². The molecule has 0 fully saturated rings. The van der Waals surface area contributed by atoms with Crippen LogP contribution in [0.3, 0.4) is 0 Å². The lowest BCUT2D eigenvalue weighted by atomic mass is 10.2. The molecule has 1 rings (SSSR count). The monoisotopic (exact) mass is 292 g/mol. The van der Waals surface area contributed by atoms with Crippen LogP contribution in [0.1, 0.15) is 12.5 Å². The molecule has 0 saturated carbocycles. The van der Waals surface area contributed by atoms with E-state index in [-0.39, 0.29) is 22.5 Å². The number of hydrogen-bond acceptors (Lipinski definition) is 3. The van der Waals surface area contributed by atoms with Crippen LogP contribution in [0.15, 0.2) is 18.2 Å². The third kappa shape index (κ3) is 4.38. The zero-order valence-corrected chi connectivity index (χ0v) is 11.7. The number of hydrogen-bond donors (Lipinski definition) is 0. The number of carbonyl (C=O) groups excluding carboxylic acids is 1. The summed E-state index contributed by atoms with van der Waals surface area (Å²) in [6, 6.07) is 4.21. The van der Waals surface area contributed by atoms with Crippen LogP contribution in [0.2, 0.25) is 5.02 Å². The number of ether oxygens (including phenoxy) is 1. The molecule has 0 aliphatic carbocycles. The molecule has 0 amide bonds. The standard InChI is InChI=1S/C12H14ClFO3S/c1-8(12(15)17-2)6-18(16)7-9-3-4-11(14)10(13)5-9/h3-5,8H,6-7H2,1-2H3. The fraction of sp³-hybridized carbons (Fsp3) is 0.417. The molecule has 0 heterocycles. The van der Waals surface area contributed by atoms with Gasteiger partial charge in [0.15, 0.2) is 0 Å². The molecule has 100 valence electrons. The van der Waals surface area contributed by atoms with E-state index >= 15 is 0 Å². The zero-order valence-electron chi connectivity index (χ0n) is 10.1. The van der Waals surface area contributed by atoms with Crippen molar-refractivity contribution in [3.8, 4) is 0 Å². The lowest BCUT2D eigenvalue weighted by Crippen LogP contribution is -2.20. The fourth-order valence-corrected chi connectivity index (χ4v) is 2.99. The first-order valence-electron chi connectivity index (χ1n) is 5.30.